The second-order valence-corrected chi connectivity index (χ2v) is 5.63. The van der Waals surface area contributed by atoms with Crippen LogP contribution in [-0.4, -0.2) is 43.5 Å². The summed E-state index contributed by atoms with van der Waals surface area (Å²) < 4.78 is 7.17. The predicted molar refractivity (Wildman–Crippen MR) is 73.0 cm³/mol. The Labute approximate surface area is 119 Å². The van der Waals surface area contributed by atoms with Gasteiger partial charge in [0.2, 0.25) is 5.88 Å². The Kier molecular flexibility index (Phi) is 3.47. The van der Waals surface area contributed by atoms with E-state index in [0.29, 0.717) is 28.1 Å². The van der Waals surface area contributed by atoms with Gasteiger partial charge in [-0.2, -0.15) is 4.98 Å². The SMILES string of the molecule is COc1ncnc2c1nc(SCC(=O)O)n2CC1CC1. The maximum absolute atomic E-state index is 10.7. The van der Waals surface area contributed by atoms with E-state index in [1.54, 1.807) is 0 Å². The third-order valence-corrected chi connectivity index (χ3v) is 4.08. The van der Waals surface area contributed by atoms with E-state index in [9.17, 15) is 4.79 Å². The van der Waals surface area contributed by atoms with E-state index in [0.717, 1.165) is 6.54 Å². The molecule has 106 valence electrons. The van der Waals surface area contributed by atoms with Crippen molar-refractivity contribution in [1.82, 2.24) is 19.5 Å². The van der Waals surface area contributed by atoms with Gasteiger partial charge in [0, 0.05) is 6.54 Å². The van der Waals surface area contributed by atoms with Crippen molar-refractivity contribution < 1.29 is 14.6 Å². The summed E-state index contributed by atoms with van der Waals surface area (Å²) in [5, 5.41) is 9.49. The zero-order valence-electron chi connectivity index (χ0n) is 10.9. The summed E-state index contributed by atoms with van der Waals surface area (Å²) in [5.41, 5.74) is 1.29. The normalized spacial score (nSPS) is 14.7. The van der Waals surface area contributed by atoms with E-state index in [4.69, 9.17) is 9.84 Å². The minimum atomic E-state index is -0.863. The molecule has 1 aliphatic carbocycles. The first-order chi connectivity index (χ1) is 9.69. The summed E-state index contributed by atoms with van der Waals surface area (Å²) in [6, 6.07) is 0. The third-order valence-electron chi connectivity index (χ3n) is 3.12. The molecule has 1 saturated carbocycles. The highest BCUT2D eigenvalue weighted by Crippen LogP contribution is 2.34. The molecule has 2 heterocycles. The standard InChI is InChI=1S/C12H14N4O3S/c1-19-11-9-10(13-6-14-11)16(4-7-2-3-7)12(15-9)20-5-8(17)18/h6-7H,2-5H2,1H3,(H,17,18). The van der Waals surface area contributed by atoms with Crippen molar-refractivity contribution >= 4 is 28.9 Å². The second kappa shape index (κ2) is 5.28. The lowest BCUT2D eigenvalue weighted by atomic mass is 10.4. The van der Waals surface area contributed by atoms with Crippen LogP contribution in [0.3, 0.4) is 0 Å². The molecule has 0 saturated heterocycles. The number of ether oxygens (including phenoxy) is 1. The average Bonchev–Trinajstić information content (AvgIpc) is 3.18. The maximum Gasteiger partial charge on any atom is 0.313 e. The highest BCUT2D eigenvalue weighted by atomic mass is 32.2. The largest absolute Gasteiger partial charge is 0.481 e. The number of carboxylic acids is 1. The number of methoxy groups -OCH3 is 1. The van der Waals surface area contributed by atoms with Crippen LogP contribution in [0.2, 0.25) is 0 Å². The summed E-state index contributed by atoms with van der Waals surface area (Å²) in [6.07, 6.45) is 3.84. The number of rotatable bonds is 6. The number of carbonyl (C=O) groups is 1. The summed E-state index contributed by atoms with van der Waals surface area (Å²) >= 11 is 1.20. The van der Waals surface area contributed by atoms with Crippen LogP contribution in [0.4, 0.5) is 0 Å². The van der Waals surface area contributed by atoms with Crippen molar-refractivity contribution in [2.75, 3.05) is 12.9 Å². The summed E-state index contributed by atoms with van der Waals surface area (Å²) in [7, 11) is 1.53. The molecule has 0 unspecified atom stereocenters. The molecule has 0 aromatic carbocycles. The fourth-order valence-electron chi connectivity index (χ4n) is 2.00. The quantitative estimate of drug-likeness (QED) is 0.806. The topological polar surface area (TPSA) is 90.1 Å². The lowest BCUT2D eigenvalue weighted by Gasteiger charge is -2.06. The molecule has 0 amide bonds. The predicted octanol–water partition coefficient (Wildman–Crippen LogP) is 1.42. The molecule has 8 heteroatoms. The van der Waals surface area contributed by atoms with Crippen LogP contribution >= 0.6 is 11.8 Å². The molecule has 2 aromatic heterocycles. The summed E-state index contributed by atoms with van der Waals surface area (Å²) in [6.45, 7) is 0.818. The molecule has 0 atom stereocenters. The number of thioether (sulfide) groups is 1. The molecule has 2 aromatic rings. The Balaban J connectivity index is 2.03. The number of hydrogen-bond donors (Lipinski definition) is 1. The zero-order valence-corrected chi connectivity index (χ0v) is 11.8. The number of nitrogens with zero attached hydrogens (tertiary/aromatic N) is 4. The molecule has 3 rings (SSSR count). The Morgan fingerprint density at radius 3 is 3.00 bits per heavy atom. The summed E-state index contributed by atoms with van der Waals surface area (Å²) in [4.78, 5) is 23.5. The lowest BCUT2D eigenvalue weighted by Crippen LogP contribution is -2.05. The first-order valence-corrected chi connectivity index (χ1v) is 7.27. The highest BCUT2D eigenvalue weighted by Gasteiger charge is 2.26. The molecule has 1 fully saturated rings. The van der Waals surface area contributed by atoms with Gasteiger partial charge >= 0.3 is 5.97 Å². The van der Waals surface area contributed by atoms with Crippen molar-refractivity contribution in [2.45, 2.75) is 24.5 Å². The number of aliphatic carboxylic acids is 1. The Hall–Kier alpha value is -1.83. The van der Waals surface area contributed by atoms with Gasteiger partial charge in [-0.3, -0.25) is 4.79 Å². The van der Waals surface area contributed by atoms with Crippen LogP contribution in [0.15, 0.2) is 11.5 Å². The van der Waals surface area contributed by atoms with E-state index in [1.807, 2.05) is 4.57 Å². The summed E-state index contributed by atoms with van der Waals surface area (Å²) in [5.74, 6) is 0.168. The fraction of sp³-hybridized carbons (Fsp3) is 0.500. The van der Waals surface area contributed by atoms with Crippen LogP contribution in [0, 0.1) is 5.92 Å². The monoisotopic (exact) mass is 294 g/mol. The van der Waals surface area contributed by atoms with Gasteiger partial charge in [0.25, 0.3) is 0 Å². The number of imidazole rings is 1. The third kappa shape index (κ3) is 2.55. The van der Waals surface area contributed by atoms with E-state index in [1.165, 1.54) is 38.0 Å². The molecule has 1 aliphatic rings. The van der Waals surface area contributed by atoms with Crippen molar-refractivity contribution in [3.05, 3.63) is 6.33 Å². The van der Waals surface area contributed by atoms with Crippen LogP contribution in [-0.2, 0) is 11.3 Å². The van der Waals surface area contributed by atoms with Gasteiger partial charge in [-0.25, -0.2) is 9.97 Å². The van der Waals surface area contributed by atoms with E-state index in [2.05, 4.69) is 15.0 Å². The van der Waals surface area contributed by atoms with Gasteiger partial charge in [0.15, 0.2) is 16.3 Å². The average molecular weight is 294 g/mol. The number of hydrogen-bond acceptors (Lipinski definition) is 6. The van der Waals surface area contributed by atoms with E-state index < -0.39 is 5.97 Å². The maximum atomic E-state index is 10.7. The molecule has 1 N–H and O–H groups in total. The minimum Gasteiger partial charge on any atom is -0.481 e. The van der Waals surface area contributed by atoms with Gasteiger partial charge in [-0.1, -0.05) is 11.8 Å². The van der Waals surface area contributed by atoms with Crippen molar-refractivity contribution in [3.8, 4) is 5.88 Å². The first kappa shape index (κ1) is 13.2. The Morgan fingerprint density at radius 2 is 2.35 bits per heavy atom. The first-order valence-electron chi connectivity index (χ1n) is 6.29. The number of carboxylic acid groups (broad SMARTS) is 1. The van der Waals surface area contributed by atoms with Crippen molar-refractivity contribution in [2.24, 2.45) is 5.92 Å². The van der Waals surface area contributed by atoms with Gasteiger partial charge in [0.05, 0.1) is 12.9 Å². The van der Waals surface area contributed by atoms with Crippen LogP contribution in [0.5, 0.6) is 5.88 Å². The minimum absolute atomic E-state index is 0.0241. The molecule has 0 aliphatic heterocycles. The van der Waals surface area contributed by atoms with Crippen molar-refractivity contribution in [1.29, 1.82) is 0 Å². The van der Waals surface area contributed by atoms with Gasteiger partial charge in [-0.15, -0.1) is 0 Å². The van der Waals surface area contributed by atoms with Gasteiger partial charge < -0.3 is 14.4 Å². The molecular weight excluding hydrogens is 280 g/mol. The molecule has 20 heavy (non-hydrogen) atoms. The number of fused-ring (bicyclic) bond motifs is 1. The van der Waals surface area contributed by atoms with Crippen LogP contribution < -0.4 is 4.74 Å². The Morgan fingerprint density at radius 1 is 1.55 bits per heavy atom. The zero-order chi connectivity index (χ0) is 14.1. The lowest BCUT2D eigenvalue weighted by molar-refractivity contribution is -0.133. The second-order valence-electron chi connectivity index (χ2n) is 4.69. The molecule has 0 bridgehead atoms. The highest BCUT2D eigenvalue weighted by molar-refractivity contribution is 7.99. The van der Waals surface area contributed by atoms with Crippen LogP contribution in [0.1, 0.15) is 12.8 Å². The Bertz CT molecular complexity index is 653. The molecule has 0 spiro atoms. The number of aromatic nitrogens is 4. The van der Waals surface area contributed by atoms with Gasteiger partial charge in [0.1, 0.15) is 6.33 Å². The fourth-order valence-corrected chi connectivity index (χ4v) is 2.73. The van der Waals surface area contributed by atoms with E-state index in [-0.39, 0.29) is 5.75 Å². The molecule has 7 nitrogen and oxygen atoms in total. The van der Waals surface area contributed by atoms with E-state index >= 15 is 0 Å². The molecule has 0 radical (unpaired) electrons. The van der Waals surface area contributed by atoms with Crippen molar-refractivity contribution in [3.63, 3.8) is 0 Å². The molecular formula is C12H14N4O3S. The van der Waals surface area contributed by atoms with Gasteiger partial charge in [-0.05, 0) is 18.8 Å². The smallest absolute Gasteiger partial charge is 0.313 e. The van der Waals surface area contributed by atoms with Crippen LogP contribution in [0.25, 0.3) is 11.2 Å².